The van der Waals surface area contributed by atoms with Crippen molar-refractivity contribution in [3.8, 4) is 11.5 Å². The molecule has 6 nitrogen and oxygen atoms in total. The fraction of sp³-hybridized carbons (Fsp3) is 0.375. The quantitative estimate of drug-likeness (QED) is 0.592. The van der Waals surface area contributed by atoms with Crippen molar-refractivity contribution in [1.82, 2.24) is 0 Å². The third-order valence-corrected chi connectivity index (χ3v) is 2.80. The van der Waals surface area contributed by atoms with Gasteiger partial charge in [0, 0.05) is 0 Å². The zero-order chi connectivity index (χ0) is 11.4. The monoisotopic (exact) mass is 234 g/mol. The topological polar surface area (TPSA) is 85.2 Å². The minimum Gasteiger partial charge on any atom is -0.492 e. The maximum atomic E-state index is 10.8. The van der Waals surface area contributed by atoms with Crippen molar-refractivity contribution >= 4 is 17.3 Å². The number of hydrogen-bond donors (Lipinski definition) is 2. The third-order valence-electron chi connectivity index (χ3n) is 1.69. The van der Waals surface area contributed by atoms with E-state index in [1.54, 1.807) is 0 Å². The van der Waals surface area contributed by atoms with Crippen LogP contribution in [0, 0.1) is 0 Å². The van der Waals surface area contributed by atoms with Crippen LogP contribution in [-0.4, -0.2) is 30.6 Å². The van der Waals surface area contributed by atoms with E-state index in [0.717, 1.165) is 11.3 Å². The Hall–Kier alpha value is -1.31. The first-order valence-electron chi connectivity index (χ1n) is 3.89. The van der Waals surface area contributed by atoms with E-state index >= 15 is 0 Å². The third kappa shape index (κ3) is 2.20. The summed E-state index contributed by atoms with van der Waals surface area (Å²) in [6.45, 7) is -0.141. The molecule has 1 rings (SSSR count). The smallest absolute Gasteiger partial charge is 0.349 e. The van der Waals surface area contributed by atoms with E-state index in [4.69, 9.17) is 19.8 Å². The number of thiophene rings is 1. The van der Waals surface area contributed by atoms with Crippen LogP contribution in [0.1, 0.15) is 14.5 Å². The molecule has 0 fully saturated rings. The van der Waals surface area contributed by atoms with Crippen LogP contribution in [0.2, 0.25) is 0 Å². The molecule has 0 aliphatic heterocycles. The lowest BCUT2D eigenvalue weighted by molar-refractivity contribution is -0.252. The second-order valence-electron chi connectivity index (χ2n) is 2.50. The highest BCUT2D eigenvalue weighted by atomic mass is 32.1. The second-order valence-corrected chi connectivity index (χ2v) is 3.60. The average Bonchev–Trinajstić information content (AvgIpc) is 2.56. The van der Waals surface area contributed by atoms with E-state index in [1.807, 2.05) is 0 Å². The summed E-state index contributed by atoms with van der Waals surface area (Å²) in [6.07, 6.45) is 0. The Kier molecular flexibility index (Phi) is 3.89. The van der Waals surface area contributed by atoms with E-state index in [1.165, 1.54) is 14.2 Å². The molecule has 2 N–H and O–H groups in total. The molecule has 1 heterocycles. The largest absolute Gasteiger partial charge is 0.492 e. The van der Waals surface area contributed by atoms with Gasteiger partial charge in [0.2, 0.25) is 0 Å². The van der Waals surface area contributed by atoms with Crippen molar-refractivity contribution in [1.29, 1.82) is 0 Å². The van der Waals surface area contributed by atoms with Crippen LogP contribution in [0.3, 0.4) is 0 Å². The van der Waals surface area contributed by atoms with Crippen LogP contribution < -0.4 is 9.47 Å². The van der Waals surface area contributed by atoms with Crippen LogP contribution in [0.4, 0.5) is 0 Å². The van der Waals surface area contributed by atoms with Gasteiger partial charge in [-0.15, -0.1) is 11.3 Å². The summed E-state index contributed by atoms with van der Waals surface area (Å²) in [7, 11) is 2.73. The number of aromatic carboxylic acids is 1. The predicted octanol–water partition coefficient (Wildman–Crippen LogP) is 1.45. The molecule has 0 unspecified atom stereocenters. The normalized spacial score (nSPS) is 10.1. The molecule has 15 heavy (non-hydrogen) atoms. The van der Waals surface area contributed by atoms with E-state index in [2.05, 4.69) is 4.89 Å². The van der Waals surface area contributed by atoms with Crippen molar-refractivity contribution in [3.05, 3.63) is 9.75 Å². The number of carboxylic acids is 1. The molecule has 0 amide bonds. The van der Waals surface area contributed by atoms with Crippen LogP contribution in [0.5, 0.6) is 11.5 Å². The lowest BCUT2D eigenvalue weighted by Gasteiger charge is -2.03. The predicted molar refractivity (Wildman–Crippen MR) is 51.8 cm³/mol. The van der Waals surface area contributed by atoms with Gasteiger partial charge in [0.25, 0.3) is 0 Å². The molecule has 0 atom stereocenters. The number of rotatable bonds is 5. The Bertz CT molecular complexity index is 358. The van der Waals surface area contributed by atoms with Crippen LogP contribution >= 0.6 is 11.3 Å². The molecule has 0 radical (unpaired) electrons. The minimum absolute atomic E-state index is 0.0152. The highest BCUT2D eigenvalue weighted by Gasteiger charge is 2.24. The Morgan fingerprint density at radius 2 is 1.93 bits per heavy atom. The van der Waals surface area contributed by atoms with E-state index < -0.39 is 5.97 Å². The molecular weight excluding hydrogens is 224 g/mol. The zero-order valence-corrected chi connectivity index (χ0v) is 8.96. The van der Waals surface area contributed by atoms with Crippen molar-refractivity contribution in [2.75, 3.05) is 14.2 Å². The summed E-state index contributed by atoms with van der Waals surface area (Å²) in [5.41, 5.74) is 0. The van der Waals surface area contributed by atoms with Crippen LogP contribution in [0.25, 0.3) is 0 Å². The Morgan fingerprint density at radius 3 is 2.33 bits per heavy atom. The molecule has 0 spiro atoms. The van der Waals surface area contributed by atoms with Crippen LogP contribution in [0.15, 0.2) is 0 Å². The van der Waals surface area contributed by atoms with E-state index in [0.29, 0.717) is 4.88 Å². The van der Waals surface area contributed by atoms with E-state index in [9.17, 15) is 4.79 Å². The van der Waals surface area contributed by atoms with Gasteiger partial charge in [0.1, 0.15) is 6.61 Å². The highest BCUT2D eigenvalue weighted by molar-refractivity contribution is 7.14. The van der Waals surface area contributed by atoms with Gasteiger partial charge in [-0.25, -0.2) is 9.68 Å². The Morgan fingerprint density at radius 1 is 1.33 bits per heavy atom. The number of carbonyl (C=O) groups is 1. The average molecular weight is 234 g/mol. The molecule has 0 saturated heterocycles. The first-order valence-corrected chi connectivity index (χ1v) is 4.70. The lowest BCUT2D eigenvalue weighted by atomic mass is 10.3. The molecule has 7 heteroatoms. The summed E-state index contributed by atoms with van der Waals surface area (Å²) in [4.78, 5) is 15.3. The van der Waals surface area contributed by atoms with Crippen LogP contribution in [-0.2, 0) is 11.5 Å². The standard InChI is InChI=1S/C8H10O6S/c1-12-5-4(3-14-11)15-7(8(9)10)6(5)13-2/h11H,3H2,1-2H3,(H,9,10). The summed E-state index contributed by atoms with van der Waals surface area (Å²) < 4.78 is 9.90. The molecule has 0 bridgehead atoms. The summed E-state index contributed by atoms with van der Waals surface area (Å²) in [5, 5.41) is 17.2. The van der Waals surface area contributed by atoms with Gasteiger partial charge in [-0.1, -0.05) is 0 Å². The van der Waals surface area contributed by atoms with Gasteiger partial charge in [0.15, 0.2) is 16.4 Å². The number of hydrogen-bond acceptors (Lipinski definition) is 6. The highest BCUT2D eigenvalue weighted by Crippen LogP contribution is 2.42. The molecule has 0 saturated carbocycles. The van der Waals surface area contributed by atoms with Gasteiger partial charge < -0.3 is 14.6 Å². The van der Waals surface area contributed by atoms with Crippen molar-refractivity contribution in [3.63, 3.8) is 0 Å². The minimum atomic E-state index is -1.11. The van der Waals surface area contributed by atoms with Gasteiger partial charge in [-0.05, 0) is 0 Å². The van der Waals surface area contributed by atoms with Crippen molar-refractivity contribution in [2.24, 2.45) is 0 Å². The summed E-state index contributed by atoms with van der Waals surface area (Å²) in [5.74, 6) is -0.699. The fourth-order valence-corrected chi connectivity index (χ4v) is 2.11. The molecule has 1 aromatic heterocycles. The fourth-order valence-electron chi connectivity index (χ4n) is 1.13. The van der Waals surface area contributed by atoms with Gasteiger partial charge >= 0.3 is 5.97 Å². The molecule has 84 valence electrons. The van der Waals surface area contributed by atoms with Gasteiger partial charge in [-0.2, -0.15) is 0 Å². The second kappa shape index (κ2) is 4.96. The maximum absolute atomic E-state index is 10.8. The molecule has 1 aromatic rings. The first-order chi connectivity index (χ1) is 7.15. The lowest BCUT2D eigenvalue weighted by Crippen LogP contribution is -1.96. The SMILES string of the molecule is COc1c(COO)sc(C(=O)O)c1OC. The number of methoxy groups -OCH3 is 2. The molecule has 0 aromatic carbocycles. The van der Waals surface area contributed by atoms with Crippen molar-refractivity contribution in [2.45, 2.75) is 6.61 Å². The van der Waals surface area contributed by atoms with Gasteiger partial charge in [-0.3, -0.25) is 5.26 Å². The summed E-state index contributed by atoms with van der Waals surface area (Å²) in [6, 6.07) is 0. The molecule has 0 aliphatic rings. The van der Waals surface area contributed by atoms with Gasteiger partial charge in [0.05, 0.1) is 19.1 Å². The van der Waals surface area contributed by atoms with Crippen molar-refractivity contribution < 1.29 is 29.5 Å². The van der Waals surface area contributed by atoms with E-state index in [-0.39, 0.29) is 23.0 Å². The Balaban J connectivity index is 3.24. The molecule has 0 aliphatic carbocycles. The number of carboxylic acid groups (broad SMARTS) is 1. The Labute approximate surface area is 89.6 Å². The number of ether oxygens (including phenoxy) is 2. The summed E-state index contributed by atoms with van der Waals surface area (Å²) >= 11 is 0.933. The maximum Gasteiger partial charge on any atom is 0.349 e. The first kappa shape index (κ1) is 11.8. The molecular formula is C8H10O6S. The zero-order valence-electron chi connectivity index (χ0n) is 8.14.